The van der Waals surface area contributed by atoms with E-state index in [1.54, 1.807) is 24.3 Å². The smallest absolute Gasteiger partial charge is 0.193 e. The Morgan fingerprint density at radius 3 is 2.42 bits per heavy atom. The molecule has 0 saturated carbocycles. The summed E-state index contributed by atoms with van der Waals surface area (Å²) >= 11 is 5.92. The number of carbonyl (C=O) groups excluding carboxylic acids is 1. The highest BCUT2D eigenvalue weighted by Crippen LogP contribution is 2.34. The summed E-state index contributed by atoms with van der Waals surface area (Å²) in [5.41, 5.74) is 3.85. The van der Waals surface area contributed by atoms with Crippen LogP contribution >= 0.6 is 11.6 Å². The number of ketones is 1. The standard InChI is InChI=1S/C20H18ClNO2/c1-12(2)19-18(13(3)24-22-19)16-6-4-5-7-17(16)20(23)14-8-10-15(21)11-9-14/h4-12H,1-3H3. The fourth-order valence-corrected chi connectivity index (χ4v) is 2.89. The summed E-state index contributed by atoms with van der Waals surface area (Å²) in [6.45, 7) is 5.99. The summed E-state index contributed by atoms with van der Waals surface area (Å²) in [6, 6.07) is 14.5. The van der Waals surface area contributed by atoms with E-state index in [0.717, 1.165) is 22.6 Å². The van der Waals surface area contributed by atoms with E-state index in [0.29, 0.717) is 16.1 Å². The van der Waals surface area contributed by atoms with Crippen LogP contribution in [0.15, 0.2) is 53.1 Å². The van der Waals surface area contributed by atoms with E-state index >= 15 is 0 Å². The molecule has 2 aromatic carbocycles. The van der Waals surface area contributed by atoms with Crippen LogP contribution in [0.3, 0.4) is 0 Å². The molecule has 3 nitrogen and oxygen atoms in total. The third-order valence-electron chi connectivity index (χ3n) is 3.98. The minimum atomic E-state index is -0.0439. The van der Waals surface area contributed by atoms with Gasteiger partial charge in [-0.3, -0.25) is 4.79 Å². The zero-order valence-electron chi connectivity index (χ0n) is 13.8. The van der Waals surface area contributed by atoms with Crippen LogP contribution in [0, 0.1) is 6.92 Å². The lowest BCUT2D eigenvalue weighted by Gasteiger charge is -2.11. The van der Waals surface area contributed by atoms with E-state index in [4.69, 9.17) is 16.1 Å². The van der Waals surface area contributed by atoms with Crippen LogP contribution in [0.1, 0.15) is 47.1 Å². The van der Waals surface area contributed by atoms with Crippen molar-refractivity contribution in [3.63, 3.8) is 0 Å². The predicted molar refractivity (Wildman–Crippen MR) is 95.6 cm³/mol. The molecular formula is C20H18ClNO2. The Morgan fingerprint density at radius 1 is 1.08 bits per heavy atom. The molecule has 3 aromatic rings. The lowest BCUT2D eigenvalue weighted by molar-refractivity contribution is 0.103. The van der Waals surface area contributed by atoms with Gasteiger partial charge in [-0.2, -0.15) is 0 Å². The largest absolute Gasteiger partial charge is 0.361 e. The molecule has 0 bridgehead atoms. The van der Waals surface area contributed by atoms with Gasteiger partial charge in [0.05, 0.1) is 5.69 Å². The molecule has 0 aliphatic heterocycles. The van der Waals surface area contributed by atoms with Crippen LogP contribution in [-0.4, -0.2) is 10.9 Å². The van der Waals surface area contributed by atoms with Gasteiger partial charge in [0, 0.05) is 21.7 Å². The van der Waals surface area contributed by atoms with Gasteiger partial charge < -0.3 is 4.52 Å². The summed E-state index contributed by atoms with van der Waals surface area (Å²) in [6.07, 6.45) is 0. The molecule has 0 fully saturated rings. The molecule has 0 radical (unpaired) electrons. The van der Waals surface area contributed by atoms with E-state index in [9.17, 15) is 4.79 Å². The molecule has 0 spiro atoms. The first kappa shape index (κ1) is 16.5. The molecular weight excluding hydrogens is 322 g/mol. The van der Waals surface area contributed by atoms with Gasteiger partial charge in [0.1, 0.15) is 5.76 Å². The highest BCUT2D eigenvalue weighted by molar-refractivity contribution is 6.30. The first-order chi connectivity index (χ1) is 11.5. The number of rotatable bonds is 4. The van der Waals surface area contributed by atoms with Crippen molar-refractivity contribution in [2.75, 3.05) is 0 Å². The van der Waals surface area contributed by atoms with Crippen LogP contribution in [0.5, 0.6) is 0 Å². The third kappa shape index (κ3) is 3.00. The fraction of sp³-hybridized carbons (Fsp3) is 0.200. The van der Waals surface area contributed by atoms with E-state index in [1.165, 1.54) is 0 Å². The van der Waals surface area contributed by atoms with E-state index in [-0.39, 0.29) is 11.7 Å². The van der Waals surface area contributed by atoms with Crippen molar-refractivity contribution in [3.05, 3.63) is 76.1 Å². The Labute approximate surface area is 146 Å². The van der Waals surface area contributed by atoms with Crippen molar-refractivity contribution in [1.29, 1.82) is 0 Å². The van der Waals surface area contributed by atoms with Crippen LogP contribution in [-0.2, 0) is 0 Å². The van der Waals surface area contributed by atoms with Gasteiger partial charge in [-0.1, -0.05) is 54.9 Å². The van der Waals surface area contributed by atoms with Crippen molar-refractivity contribution < 1.29 is 9.32 Å². The maximum atomic E-state index is 13.0. The Bertz CT molecular complexity index is 879. The predicted octanol–water partition coefficient (Wildman–Crippen LogP) is 5.66. The number of carbonyl (C=O) groups is 1. The topological polar surface area (TPSA) is 43.1 Å². The second-order valence-corrected chi connectivity index (χ2v) is 6.47. The lowest BCUT2D eigenvalue weighted by Crippen LogP contribution is -2.04. The molecule has 122 valence electrons. The van der Waals surface area contributed by atoms with Crippen LogP contribution in [0.25, 0.3) is 11.1 Å². The minimum absolute atomic E-state index is 0.0439. The average Bonchev–Trinajstić information content (AvgIpc) is 2.96. The number of aryl methyl sites for hydroxylation is 1. The number of hydrogen-bond donors (Lipinski definition) is 0. The molecule has 0 saturated heterocycles. The second kappa shape index (κ2) is 6.62. The van der Waals surface area contributed by atoms with Gasteiger partial charge in [0.25, 0.3) is 0 Å². The van der Waals surface area contributed by atoms with Crippen molar-refractivity contribution in [2.24, 2.45) is 0 Å². The molecule has 0 aliphatic carbocycles. The molecule has 24 heavy (non-hydrogen) atoms. The van der Waals surface area contributed by atoms with Gasteiger partial charge in [-0.15, -0.1) is 0 Å². The monoisotopic (exact) mass is 339 g/mol. The Hall–Kier alpha value is -2.39. The molecule has 1 heterocycles. The Kier molecular flexibility index (Phi) is 4.54. The zero-order chi connectivity index (χ0) is 17.3. The minimum Gasteiger partial charge on any atom is -0.361 e. The van der Waals surface area contributed by atoms with Gasteiger partial charge in [-0.25, -0.2) is 0 Å². The third-order valence-corrected chi connectivity index (χ3v) is 4.24. The van der Waals surface area contributed by atoms with Crippen LogP contribution < -0.4 is 0 Å². The van der Waals surface area contributed by atoms with Gasteiger partial charge in [-0.05, 0) is 42.7 Å². The molecule has 3 rings (SSSR count). The molecule has 4 heteroatoms. The summed E-state index contributed by atoms with van der Waals surface area (Å²) in [4.78, 5) is 13.0. The molecule has 1 aromatic heterocycles. The summed E-state index contributed by atoms with van der Waals surface area (Å²) < 4.78 is 5.39. The fourth-order valence-electron chi connectivity index (χ4n) is 2.77. The quantitative estimate of drug-likeness (QED) is 0.576. The number of hydrogen-bond acceptors (Lipinski definition) is 3. The number of halogens is 1. The maximum absolute atomic E-state index is 13.0. The van der Waals surface area contributed by atoms with Gasteiger partial charge in [0.15, 0.2) is 5.78 Å². The second-order valence-electron chi connectivity index (χ2n) is 6.04. The zero-order valence-corrected chi connectivity index (χ0v) is 14.6. The molecule has 0 N–H and O–H groups in total. The van der Waals surface area contributed by atoms with Crippen LogP contribution in [0.2, 0.25) is 5.02 Å². The summed E-state index contributed by atoms with van der Waals surface area (Å²) in [7, 11) is 0. The molecule has 0 unspecified atom stereocenters. The summed E-state index contributed by atoms with van der Waals surface area (Å²) in [5.74, 6) is 0.878. The highest BCUT2D eigenvalue weighted by Gasteiger charge is 2.22. The summed E-state index contributed by atoms with van der Waals surface area (Å²) in [5, 5.41) is 4.78. The van der Waals surface area contributed by atoms with Crippen LogP contribution in [0.4, 0.5) is 0 Å². The molecule has 0 atom stereocenters. The van der Waals surface area contributed by atoms with Crippen molar-refractivity contribution in [3.8, 4) is 11.1 Å². The van der Waals surface area contributed by atoms with Gasteiger partial charge >= 0.3 is 0 Å². The van der Waals surface area contributed by atoms with Gasteiger partial charge in [0.2, 0.25) is 0 Å². The van der Waals surface area contributed by atoms with Crippen molar-refractivity contribution in [2.45, 2.75) is 26.7 Å². The highest BCUT2D eigenvalue weighted by atomic mass is 35.5. The first-order valence-electron chi connectivity index (χ1n) is 7.85. The number of benzene rings is 2. The Morgan fingerprint density at radius 2 is 1.75 bits per heavy atom. The van der Waals surface area contributed by atoms with E-state index < -0.39 is 0 Å². The average molecular weight is 340 g/mol. The molecule has 0 amide bonds. The number of nitrogens with zero attached hydrogens (tertiary/aromatic N) is 1. The maximum Gasteiger partial charge on any atom is 0.193 e. The first-order valence-corrected chi connectivity index (χ1v) is 8.22. The van der Waals surface area contributed by atoms with Crippen molar-refractivity contribution in [1.82, 2.24) is 5.16 Å². The number of aromatic nitrogens is 1. The Balaban J connectivity index is 2.14. The lowest BCUT2D eigenvalue weighted by atomic mass is 9.91. The van der Waals surface area contributed by atoms with E-state index in [2.05, 4.69) is 19.0 Å². The normalized spacial score (nSPS) is 11.0. The van der Waals surface area contributed by atoms with E-state index in [1.807, 2.05) is 31.2 Å². The molecule has 0 aliphatic rings. The SMILES string of the molecule is Cc1onc(C(C)C)c1-c1ccccc1C(=O)c1ccc(Cl)cc1. The van der Waals surface area contributed by atoms with Crippen molar-refractivity contribution >= 4 is 17.4 Å².